The molecule has 18 heavy (non-hydrogen) atoms. The van der Waals surface area contributed by atoms with Crippen LogP contribution in [-0.2, 0) is 14.3 Å². The van der Waals surface area contributed by atoms with Gasteiger partial charge in [-0.25, -0.2) is 0 Å². The van der Waals surface area contributed by atoms with Crippen molar-refractivity contribution in [3.05, 3.63) is 0 Å². The van der Waals surface area contributed by atoms with Crippen LogP contribution in [0.25, 0.3) is 0 Å². The molecule has 2 aliphatic rings. The van der Waals surface area contributed by atoms with Crippen LogP contribution in [0.2, 0.25) is 0 Å². The summed E-state index contributed by atoms with van der Waals surface area (Å²) in [5.74, 6) is -0.700. The van der Waals surface area contributed by atoms with Crippen LogP contribution in [-0.4, -0.2) is 23.1 Å². The molecule has 0 heterocycles. The van der Waals surface area contributed by atoms with Gasteiger partial charge in [0.25, 0.3) is 0 Å². The van der Waals surface area contributed by atoms with Crippen molar-refractivity contribution in [3.63, 3.8) is 0 Å². The van der Waals surface area contributed by atoms with Gasteiger partial charge in [-0.15, -0.1) is 0 Å². The lowest BCUT2D eigenvalue weighted by Crippen LogP contribution is -2.43. The molecular weight excluding hydrogens is 232 g/mol. The maximum absolute atomic E-state index is 11.7. The number of carbonyl (C=O) groups is 2. The van der Waals surface area contributed by atoms with Gasteiger partial charge < -0.3 is 9.84 Å². The number of carbonyl (C=O) groups excluding carboxylic acids is 1. The van der Waals surface area contributed by atoms with Crippen molar-refractivity contribution < 1.29 is 19.4 Å². The monoisotopic (exact) mass is 254 g/mol. The summed E-state index contributed by atoms with van der Waals surface area (Å²) in [6.07, 6.45) is 3.21. The molecule has 0 aromatic heterocycles. The van der Waals surface area contributed by atoms with Gasteiger partial charge in [0, 0.05) is 10.8 Å². The summed E-state index contributed by atoms with van der Waals surface area (Å²) < 4.78 is 5.61. The summed E-state index contributed by atoms with van der Waals surface area (Å²) in [6.45, 7) is 6.52. The van der Waals surface area contributed by atoms with E-state index in [1.54, 1.807) is 0 Å². The molecular formula is C14H22O4. The topological polar surface area (TPSA) is 63.6 Å². The van der Waals surface area contributed by atoms with E-state index in [1.165, 1.54) is 6.42 Å². The van der Waals surface area contributed by atoms with Crippen LogP contribution in [0, 0.1) is 16.7 Å². The lowest BCUT2D eigenvalue weighted by Gasteiger charge is -2.41. The maximum Gasteiger partial charge on any atom is 0.306 e. The third kappa shape index (κ3) is 2.13. The number of carboxylic acids is 1. The normalized spacial score (nSPS) is 36.6. The van der Waals surface area contributed by atoms with Crippen molar-refractivity contribution in [1.82, 2.24) is 0 Å². The van der Waals surface area contributed by atoms with Crippen molar-refractivity contribution in [1.29, 1.82) is 0 Å². The highest BCUT2D eigenvalue weighted by atomic mass is 16.5. The quantitative estimate of drug-likeness (QED) is 0.783. The van der Waals surface area contributed by atoms with Gasteiger partial charge in [0.05, 0.1) is 12.8 Å². The first-order valence-electron chi connectivity index (χ1n) is 6.67. The number of ether oxygens (including phenoxy) is 1. The minimum atomic E-state index is -0.953. The second-order valence-corrected chi connectivity index (χ2v) is 6.68. The van der Waals surface area contributed by atoms with Crippen LogP contribution in [0.3, 0.4) is 0 Å². The minimum Gasteiger partial charge on any atom is -0.481 e. The molecule has 1 N–H and O–H groups in total. The fourth-order valence-corrected chi connectivity index (χ4v) is 3.95. The molecule has 0 radical (unpaired) electrons. The number of rotatable bonds is 4. The number of hydrogen-bond acceptors (Lipinski definition) is 3. The summed E-state index contributed by atoms with van der Waals surface area (Å²) in [5, 5.41) is 8.57. The van der Waals surface area contributed by atoms with Crippen LogP contribution in [0.1, 0.15) is 52.9 Å². The first-order valence-corrected chi connectivity index (χ1v) is 6.67. The van der Waals surface area contributed by atoms with E-state index in [4.69, 9.17) is 9.84 Å². The smallest absolute Gasteiger partial charge is 0.306 e. The summed E-state index contributed by atoms with van der Waals surface area (Å²) in [7, 11) is 0. The van der Waals surface area contributed by atoms with Gasteiger partial charge in [-0.2, -0.15) is 0 Å². The first-order chi connectivity index (χ1) is 8.25. The maximum atomic E-state index is 11.7. The van der Waals surface area contributed by atoms with Gasteiger partial charge in [-0.1, -0.05) is 20.8 Å². The van der Waals surface area contributed by atoms with E-state index in [1.807, 2.05) is 0 Å². The Morgan fingerprint density at radius 3 is 2.44 bits per heavy atom. The standard InChI is InChI=1S/C14H22O4/c1-13(2)9-6-7-14(3,8-9)12(13)18-11(17)5-4-10(15)16/h9,12H,4-8H2,1-3H3,(H,15,16)/t9-,12-,14+/m0/s1. The van der Waals surface area contributed by atoms with Crippen molar-refractivity contribution in [3.8, 4) is 0 Å². The second-order valence-electron chi connectivity index (χ2n) is 6.68. The zero-order chi connectivity index (χ0) is 13.6. The predicted molar refractivity (Wildman–Crippen MR) is 66.0 cm³/mol. The molecule has 102 valence electrons. The molecule has 0 aromatic rings. The van der Waals surface area contributed by atoms with Crippen molar-refractivity contribution in [2.45, 2.75) is 59.0 Å². The molecule has 0 saturated heterocycles. The van der Waals surface area contributed by atoms with Gasteiger partial charge in [0.1, 0.15) is 6.10 Å². The number of aliphatic carboxylic acids is 1. The summed E-state index contributed by atoms with van der Waals surface area (Å²) in [4.78, 5) is 22.2. The van der Waals surface area contributed by atoms with Crippen molar-refractivity contribution in [2.24, 2.45) is 16.7 Å². The SMILES string of the molecule is CC1(C)[C@H]2CC[C@](C)(C2)[C@H]1OC(=O)CCC(=O)O. The largest absolute Gasteiger partial charge is 0.481 e. The van der Waals surface area contributed by atoms with Gasteiger partial charge in [0.15, 0.2) is 0 Å². The molecule has 2 rings (SSSR count). The molecule has 4 heteroatoms. The molecule has 2 bridgehead atoms. The molecule has 2 saturated carbocycles. The van der Waals surface area contributed by atoms with Crippen LogP contribution >= 0.6 is 0 Å². The zero-order valence-electron chi connectivity index (χ0n) is 11.4. The Labute approximate surface area is 108 Å². The predicted octanol–water partition coefficient (Wildman–Crippen LogP) is 2.61. The number of esters is 1. The van der Waals surface area contributed by atoms with Gasteiger partial charge in [-0.05, 0) is 25.2 Å². The Morgan fingerprint density at radius 2 is 1.94 bits per heavy atom. The van der Waals surface area contributed by atoms with Gasteiger partial charge >= 0.3 is 11.9 Å². The van der Waals surface area contributed by atoms with Crippen LogP contribution in [0.4, 0.5) is 0 Å². The lowest BCUT2D eigenvalue weighted by atomic mass is 9.70. The van der Waals surface area contributed by atoms with Crippen LogP contribution in [0.15, 0.2) is 0 Å². The molecule has 0 aromatic carbocycles. The average molecular weight is 254 g/mol. The molecule has 4 nitrogen and oxygen atoms in total. The highest BCUT2D eigenvalue weighted by molar-refractivity contribution is 5.76. The Balaban J connectivity index is 2.00. The van der Waals surface area contributed by atoms with Gasteiger partial charge in [-0.3, -0.25) is 9.59 Å². The van der Waals surface area contributed by atoms with E-state index in [2.05, 4.69) is 20.8 Å². The number of carboxylic acid groups (broad SMARTS) is 1. The Bertz CT molecular complexity index is 369. The van der Waals surface area contributed by atoms with E-state index in [-0.39, 0.29) is 35.7 Å². The molecule has 0 amide bonds. The van der Waals surface area contributed by atoms with E-state index in [0.29, 0.717) is 5.92 Å². The summed E-state index contributed by atoms with van der Waals surface area (Å²) >= 11 is 0. The Kier molecular flexibility index (Phi) is 3.16. The molecule has 0 aliphatic heterocycles. The van der Waals surface area contributed by atoms with E-state index < -0.39 is 5.97 Å². The molecule has 3 atom stereocenters. The second kappa shape index (κ2) is 4.25. The van der Waals surface area contributed by atoms with Crippen molar-refractivity contribution >= 4 is 11.9 Å². The third-order valence-electron chi connectivity index (χ3n) is 4.93. The highest BCUT2D eigenvalue weighted by Gasteiger charge is 2.61. The van der Waals surface area contributed by atoms with E-state index >= 15 is 0 Å². The zero-order valence-corrected chi connectivity index (χ0v) is 11.4. The van der Waals surface area contributed by atoms with Crippen LogP contribution < -0.4 is 0 Å². The van der Waals surface area contributed by atoms with Gasteiger partial charge in [0.2, 0.25) is 0 Å². The number of hydrogen-bond donors (Lipinski definition) is 1. The first kappa shape index (κ1) is 13.4. The average Bonchev–Trinajstić information content (AvgIpc) is 2.73. The van der Waals surface area contributed by atoms with Crippen LogP contribution in [0.5, 0.6) is 0 Å². The Morgan fingerprint density at radius 1 is 1.28 bits per heavy atom. The lowest BCUT2D eigenvalue weighted by molar-refractivity contribution is -0.166. The Hall–Kier alpha value is -1.06. The van der Waals surface area contributed by atoms with E-state index in [0.717, 1.165) is 12.8 Å². The summed E-state index contributed by atoms with van der Waals surface area (Å²) in [6, 6.07) is 0. The van der Waals surface area contributed by atoms with Crippen molar-refractivity contribution in [2.75, 3.05) is 0 Å². The molecule has 0 spiro atoms. The number of fused-ring (bicyclic) bond motifs is 2. The molecule has 2 aliphatic carbocycles. The highest BCUT2D eigenvalue weighted by Crippen LogP contribution is 2.63. The molecule has 2 fully saturated rings. The fourth-order valence-electron chi connectivity index (χ4n) is 3.95. The third-order valence-corrected chi connectivity index (χ3v) is 4.93. The minimum absolute atomic E-state index is 0.0197. The van der Waals surface area contributed by atoms with E-state index in [9.17, 15) is 9.59 Å². The summed E-state index contributed by atoms with van der Waals surface area (Å²) in [5.41, 5.74) is 0.110. The fraction of sp³-hybridized carbons (Fsp3) is 0.857. The molecule has 0 unspecified atom stereocenters.